The third-order valence-electron chi connectivity index (χ3n) is 5.06. The zero-order valence-corrected chi connectivity index (χ0v) is 21.9. The lowest BCUT2D eigenvalue weighted by atomic mass is 10.2. The average molecular weight is 567 g/mol. The molecular formula is C24H22Cl3N5O3S. The minimum atomic E-state index is -4.01. The van der Waals surface area contributed by atoms with Crippen LogP contribution in [0.25, 0.3) is 0 Å². The van der Waals surface area contributed by atoms with Crippen molar-refractivity contribution in [1.29, 1.82) is 0 Å². The summed E-state index contributed by atoms with van der Waals surface area (Å²) in [5.41, 5.74) is 1.16. The lowest BCUT2D eigenvalue weighted by molar-refractivity contribution is 0.465. The van der Waals surface area contributed by atoms with Gasteiger partial charge in [0, 0.05) is 31.7 Å². The minimum Gasteiger partial charge on any atom is -0.437 e. The average Bonchev–Trinajstić information content (AvgIpc) is 3.37. The van der Waals surface area contributed by atoms with Crippen molar-refractivity contribution in [2.24, 2.45) is 0 Å². The number of imidazole rings is 1. The predicted molar refractivity (Wildman–Crippen MR) is 142 cm³/mol. The van der Waals surface area contributed by atoms with E-state index in [2.05, 4.69) is 20.0 Å². The van der Waals surface area contributed by atoms with Crippen molar-refractivity contribution in [3.8, 4) is 11.6 Å². The zero-order chi connectivity index (χ0) is 25.5. The number of hydrogen-bond acceptors (Lipinski definition) is 6. The topological polar surface area (TPSA) is 98.1 Å². The van der Waals surface area contributed by atoms with Crippen LogP contribution in [0.5, 0.6) is 11.6 Å². The molecule has 0 fully saturated rings. The van der Waals surface area contributed by atoms with Crippen molar-refractivity contribution in [3.63, 3.8) is 0 Å². The number of aryl methyl sites for hydroxylation is 1. The highest BCUT2D eigenvalue weighted by Crippen LogP contribution is 2.32. The fourth-order valence-corrected chi connectivity index (χ4v) is 4.85. The van der Waals surface area contributed by atoms with Gasteiger partial charge >= 0.3 is 0 Å². The number of pyridine rings is 1. The number of aromatic nitrogens is 3. The number of hydrogen-bond donors (Lipinski definition) is 2. The summed E-state index contributed by atoms with van der Waals surface area (Å²) in [6, 6.07) is 12.9. The van der Waals surface area contributed by atoms with Crippen LogP contribution in [0.15, 0.2) is 78.3 Å². The highest BCUT2D eigenvalue weighted by molar-refractivity contribution is 7.92. The van der Waals surface area contributed by atoms with Crippen molar-refractivity contribution in [2.75, 3.05) is 11.3 Å². The lowest BCUT2D eigenvalue weighted by Gasteiger charge is -2.13. The van der Waals surface area contributed by atoms with Gasteiger partial charge in [-0.1, -0.05) is 46.9 Å². The van der Waals surface area contributed by atoms with Crippen molar-refractivity contribution < 1.29 is 13.2 Å². The highest BCUT2D eigenvalue weighted by Gasteiger charge is 2.19. The van der Waals surface area contributed by atoms with E-state index in [-0.39, 0.29) is 31.5 Å². The van der Waals surface area contributed by atoms with Gasteiger partial charge in [-0.25, -0.2) is 18.4 Å². The van der Waals surface area contributed by atoms with Crippen LogP contribution in [0.2, 0.25) is 15.1 Å². The first-order valence-electron chi connectivity index (χ1n) is 10.9. The molecule has 2 aromatic carbocycles. The Bertz CT molecular complexity index is 1420. The van der Waals surface area contributed by atoms with E-state index in [1.54, 1.807) is 24.7 Å². The molecule has 4 aromatic rings. The van der Waals surface area contributed by atoms with E-state index < -0.39 is 10.0 Å². The van der Waals surface area contributed by atoms with Crippen LogP contribution < -0.4 is 14.8 Å². The standard InChI is InChI=1S/C24H22Cl3N5O3S/c25-18-12-23(31-36(33,34)20-6-7-21(26)22(27)13-20)24(30-15-18)35-19-4-2-17(3-5-19)14-28-8-1-10-32-11-9-29-16-32/h2-7,9,11-13,15-16,28,31H,1,8,10,14H2. The Kier molecular flexibility index (Phi) is 8.71. The summed E-state index contributed by atoms with van der Waals surface area (Å²) < 4.78 is 36.1. The molecule has 0 aliphatic rings. The molecule has 8 nitrogen and oxygen atoms in total. The number of rotatable bonds is 11. The van der Waals surface area contributed by atoms with E-state index in [1.807, 2.05) is 22.9 Å². The molecule has 0 amide bonds. The Morgan fingerprint density at radius 3 is 2.53 bits per heavy atom. The summed E-state index contributed by atoms with van der Waals surface area (Å²) in [6.45, 7) is 2.48. The monoisotopic (exact) mass is 565 g/mol. The van der Waals surface area contributed by atoms with Crippen molar-refractivity contribution in [3.05, 3.63) is 94.1 Å². The van der Waals surface area contributed by atoms with Gasteiger partial charge < -0.3 is 14.6 Å². The van der Waals surface area contributed by atoms with Gasteiger partial charge in [0.25, 0.3) is 10.0 Å². The van der Waals surface area contributed by atoms with E-state index >= 15 is 0 Å². The third kappa shape index (κ3) is 7.11. The van der Waals surface area contributed by atoms with Crippen LogP contribution in [0.1, 0.15) is 12.0 Å². The number of sulfonamides is 1. The molecule has 12 heteroatoms. The summed E-state index contributed by atoms with van der Waals surface area (Å²) in [7, 11) is -4.01. The zero-order valence-electron chi connectivity index (χ0n) is 18.9. The van der Waals surface area contributed by atoms with Gasteiger partial charge in [0.15, 0.2) is 0 Å². The Morgan fingerprint density at radius 2 is 1.81 bits per heavy atom. The van der Waals surface area contributed by atoms with Crippen molar-refractivity contribution in [1.82, 2.24) is 19.9 Å². The quantitative estimate of drug-likeness (QED) is 0.216. The molecule has 0 atom stereocenters. The minimum absolute atomic E-state index is 0.0495. The van der Waals surface area contributed by atoms with Crippen LogP contribution in [0, 0.1) is 0 Å². The Hall–Kier alpha value is -2.82. The van der Waals surface area contributed by atoms with E-state index in [0.29, 0.717) is 12.3 Å². The first-order chi connectivity index (χ1) is 17.3. The number of anilines is 1. The van der Waals surface area contributed by atoms with Gasteiger partial charge in [0.1, 0.15) is 11.4 Å². The highest BCUT2D eigenvalue weighted by atomic mass is 35.5. The van der Waals surface area contributed by atoms with E-state index in [9.17, 15) is 8.42 Å². The molecule has 2 heterocycles. The SMILES string of the molecule is O=S(=O)(Nc1cc(Cl)cnc1Oc1ccc(CNCCCn2ccnc2)cc1)c1ccc(Cl)c(Cl)c1. The van der Waals surface area contributed by atoms with E-state index in [1.165, 1.54) is 30.5 Å². The maximum absolute atomic E-state index is 12.9. The van der Waals surface area contributed by atoms with E-state index in [4.69, 9.17) is 39.5 Å². The summed E-state index contributed by atoms with van der Waals surface area (Å²) >= 11 is 17.9. The fraction of sp³-hybridized carbons (Fsp3) is 0.167. The number of nitrogens with one attached hydrogen (secondary N) is 2. The second kappa shape index (κ2) is 11.9. The number of benzene rings is 2. The Morgan fingerprint density at radius 1 is 1.00 bits per heavy atom. The molecule has 36 heavy (non-hydrogen) atoms. The van der Waals surface area contributed by atoms with Crippen molar-refractivity contribution in [2.45, 2.75) is 24.4 Å². The summed E-state index contributed by atoms with van der Waals surface area (Å²) in [4.78, 5) is 8.11. The van der Waals surface area contributed by atoms with Gasteiger partial charge in [-0.15, -0.1) is 0 Å². The summed E-state index contributed by atoms with van der Waals surface area (Å²) in [6.07, 6.45) is 7.87. The predicted octanol–water partition coefficient (Wildman–Crippen LogP) is 6.01. The second-order valence-electron chi connectivity index (χ2n) is 7.76. The molecule has 0 saturated carbocycles. The molecule has 0 saturated heterocycles. The molecular weight excluding hydrogens is 545 g/mol. The molecule has 0 aliphatic carbocycles. The largest absolute Gasteiger partial charge is 0.437 e. The second-order valence-corrected chi connectivity index (χ2v) is 10.7. The molecule has 0 radical (unpaired) electrons. The first kappa shape index (κ1) is 26.2. The molecule has 2 aromatic heterocycles. The molecule has 0 bridgehead atoms. The van der Waals surface area contributed by atoms with Gasteiger partial charge in [-0.05, 0) is 54.9 Å². The van der Waals surface area contributed by atoms with Gasteiger partial charge in [0.05, 0.1) is 26.3 Å². The van der Waals surface area contributed by atoms with Crippen LogP contribution >= 0.6 is 34.8 Å². The molecule has 0 spiro atoms. The fourth-order valence-electron chi connectivity index (χ4n) is 3.25. The molecule has 188 valence electrons. The van der Waals surface area contributed by atoms with Crippen LogP contribution in [-0.4, -0.2) is 29.5 Å². The van der Waals surface area contributed by atoms with Crippen LogP contribution in [-0.2, 0) is 23.1 Å². The van der Waals surface area contributed by atoms with Crippen LogP contribution in [0.3, 0.4) is 0 Å². The smallest absolute Gasteiger partial charge is 0.262 e. The van der Waals surface area contributed by atoms with Gasteiger partial charge in [-0.3, -0.25) is 4.72 Å². The van der Waals surface area contributed by atoms with Gasteiger partial charge in [0.2, 0.25) is 5.88 Å². The number of nitrogens with zero attached hydrogens (tertiary/aromatic N) is 3. The third-order valence-corrected chi connectivity index (χ3v) is 7.37. The molecule has 0 unspecified atom stereocenters. The van der Waals surface area contributed by atoms with Crippen LogP contribution in [0.4, 0.5) is 5.69 Å². The summed E-state index contributed by atoms with van der Waals surface area (Å²) in [5.74, 6) is 0.539. The Labute approximate surface area is 224 Å². The number of ether oxygens (including phenoxy) is 1. The lowest BCUT2D eigenvalue weighted by Crippen LogP contribution is -2.16. The molecule has 2 N–H and O–H groups in total. The Balaban J connectivity index is 1.38. The molecule has 4 rings (SSSR count). The first-order valence-corrected chi connectivity index (χ1v) is 13.5. The maximum atomic E-state index is 12.9. The van der Waals surface area contributed by atoms with Crippen molar-refractivity contribution >= 4 is 50.5 Å². The normalized spacial score (nSPS) is 11.4. The summed E-state index contributed by atoms with van der Waals surface area (Å²) in [5, 5.41) is 4.01. The van der Waals surface area contributed by atoms with Gasteiger partial charge in [-0.2, -0.15) is 0 Å². The maximum Gasteiger partial charge on any atom is 0.262 e. The van der Waals surface area contributed by atoms with E-state index in [0.717, 1.165) is 25.1 Å². The number of halogens is 3. The molecule has 0 aliphatic heterocycles.